The molecule has 1 aliphatic rings. The van der Waals surface area contributed by atoms with E-state index >= 15 is 0 Å². The number of benzene rings is 1. The molecule has 0 saturated heterocycles. The number of hydrogen-bond donors (Lipinski definition) is 1. The Balaban J connectivity index is 1.74. The van der Waals surface area contributed by atoms with Crippen molar-refractivity contribution in [3.63, 3.8) is 0 Å². The van der Waals surface area contributed by atoms with Crippen LogP contribution in [0.4, 0.5) is 0 Å². The molecule has 0 saturated carbocycles. The van der Waals surface area contributed by atoms with Crippen LogP contribution >= 0.6 is 11.6 Å². The minimum atomic E-state index is 0.301. The Morgan fingerprint density at radius 2 is 2.05 bits per heavy atom. The van der Waals surface area contributed by atoms with Gasteiger partial charge < -0.3 is 5.32 Å². The van der Waals surface area contributed by atoms with E-state index < -0.39 is 0 Å². The van der Waals surface area contributed by atoms with E-state index in [9.17, 15) is 0 Å². The number of aromatic nitrogens is 1. The maximum Gasteiger partial charge on any atom is 0.0605 e. The molecule has 1 aromatic heterocycles. The van der Waals surface area contributed by atoms with E-state index in [4.69, 9.17) is 11.6 Å². The van der Waals surface area contributed by atoms with Gasteiger partial charge in [-0.2, -0.15) is 0 Å². The molecule has 2 unspecified atom stereocenters. The number of nitrogens with one attached hydrogen (secondary N) is 1. The molecule has 1 aromatic carbocycles. The first kappa shape index (κ1) is 12.6. The van der Waals surface area contributed by atoms with Crippen LogP contribution in [0.2, 0.25) is 5.02 Å². The number of aryl methyl sites for hydroxylation is 1. The second kappa shape index (κ2) is 5.32. The van der Waals surface area contributed by atoms with Gasteiger partial charge in [-0.1, -0.05) is 29.8 Å². The maximum absolute atomic E-state index is 5.92. The molecule has 1 heterocycles. The van der Waals surface area contributed by atoms with Crippen LogP contribution in [0.15, 0.2) is 42.6 Å². The molecule has 1 N–H and O–H groups in total. The first-order valence-electron chi connectivity index (χ1n) is 6.69. The second-order valence-electron chi connectivity index (χ2n) is 5.08. The highest BCUT2D eigenvalue weighted by molar-refractivity contribution is 6.30. The van der Waals surface area contributed by atoms with Crippen molar-refractivity contribution < 1.29 is 0 Å². The Kier molecular flexibility index (Phi) is 3.54. The predicted octanol–water partition coefficient (Wildman–Crippen LogP) is 4.07. The lowest BCUT2D eigenvalue weighted by Crippen LogP contribution is -2.23. The van der Waals surface area contributed by atoms with Gasteiger partial charge in [0.2, 0.25) is 0 Å². The molecule has 3 heteroatoms. The van der Waals surface area contributed by atoms with Crippen molar-refractivity contribution in [2.75, 3.05) is 0 Å². The predicted molar refractivity (Wildman–Crippen MR) is 78.3 cm³/mol. The van der Waals surface area contributed by atoms with Gasteiger partial charge in [0.15, 0.2) is 0 Å². The maximum atomic E-state index is 5.92. The Labute approximate surface area is 118 Å². The van der Waals surface area contributed by atoms with Gasteiger partial charge in [0, 0.05) is 17.3 Å². The normalized spacial score (nSPS) is 19.2. The molecular formula is C16H17ClN2. The third-order valence-electron chi connectivity index (χ3n) is 3.78. The van der Waals surface area contributed by atoms with Crippen LogP contribution in [0.5, 0.6) is 0 Å². The first-order valence-corrected chi connectivity index (χ1v) is 7.07. The van der Waals surface area contributed by atoms with Crippen LogP contribution in [0.3, 0.4) is 0 Å². The average Bonchev–Trinajstić information content (AvgIpc) is 2.83. The van der Waals surface area contributed by atoms with Gasteiger partial charge in [-0.05, 0) is 49.1 Å². The van der Waals surface area contributed by atoms with Gasteiger partial charge in [0.25, 0.3) is 0 Å². The van der Waals surface area contributed by atoms with Crippen molar-refractivity contribution in [3.8, 4) is 0 Å². The summed E-state index contributed by atoms with van der Waals surface area (Å²) in [6.45, 7) is 2.18. The second-order valence-corrected chi connectivity index (χ2v) is 5.52. The van der Waals surface area contributed by atoms with Crippen molar-refractivity contribution in [3.05, 3.63) is 64.4 Å². The smallest absolute Gasteiger partial charge is 0.0605 e. The summed E-state index contributed by atoms with van der Waals surface area (Å²) >= 11 is 5.92. The van der Waals surface area contributed by atoms with E-state index in [-0.39, 0.29) is 0 Å². The van der Waals surface area contributed by atoms with Crippen molar-refractivity contribution in [1.29, 1.82) is 0 Å². The minimum absolute atomic E-state index is 0.301. The van der Waals surface area contributed by atoms with Crippen LogP contribution in [0.25, 0.3) is 0 Å². The third kappa shape index (κ3) is 2.65. The summed E-state index contributed by atoms with van der Waals surface area (Å²) in [6, 6.07) is 12.9. The largest absolute Gasteiger partial charge is 0.302 e. The molecule has 0 amide bonds. The van der Waals surface area contributed by atoms with Gasteiger partial charge in [-0.25, -0.2) is 0 Å². The summed E-state index contributed by atoms with van der Waals surface area (Å²) in [7, 11) is 0. The molecule has 2 atom stereocenters. The fourth-order valence-electron chi connectivity index (χ4n) is 2.72. The van der Waals surface area contributed by atoms with Crippen molar-refractivity contribution in [2.45, 2.75) is 31.8 Å². The monoisotopic (exact) mass is 272 g/mol. The molecule has 98 valence electrons. The number of hydrogen-bond acceptors (Lipinski definition) is 2. The van der Waals surface area contributed by atoms with Crippen LogP contribution in [-0.2, 0) is 6.42 Å². The van der Waals surface area contributed by atoms with Crippen molar-refractivity contribution in [2.24, 2.45) is 0 Å². The summed E-state index contributed by atoms with van der Waals surface area (Å²) in [5.74, 6) is 0. The van der Waals surface area contributed by atoms with E-state index in [1.54, 1.807) is 0 Å². The molecule has 0 spiro atoms. The zero-order valence-corrected chi connectivity index (χ0v) is 11.7. The molecule has 3 rings (SSSR count). The van der Waals surface area contributed by atoms with Crippen LogP contribution in [-0.4, -0.2) is 4.98 Å². The molecule has 0 bridgehead atoms. The average molecular weight is 273 g/mol. The van der Waals surface area contributed by atoms with Gasteiger partial charge in [-0.15, -0.1) is 0 Å². The Bertz CT molecular complexity index is 565. The molecule has 2 nitrogen and oxygen atoms in total. The van der Waals surface area contributed by atoms with E-state index in [1.165, 1.54) is 16.8 Å². The molecular weight excluding hydrogens is 256 g/mol. The summed E-state index contributed by atoms with van der Waals surface area (Å²) in [4.78, 5) is 4.52. The highest BCUT2D eigenvalue weighted by Gasteiger charge is 2.24. The van der Waals surface area contributed by atoms with Crippen molar-refractivity contribution >= 4 is 11.6 Å². The van der Waals surface area contributed by atoms with E-state index in [1.807, 2.05) is 24.4 Å². The molecule has 19 heavy (non-hydrogen) atoms. The third-order valence-corrected chi connectivity index (χ3v) is 4.03. The minimum Gasteiger partial charge on any atom is -0.302 e. The lowest BCUT2D eigenvalue weighted by atomic mass is 10.1. The van der Waals surface area contributed by atoms with Gasteiger partial charge in [0.05, 0.1) is 11.7 Å². The van der Waals surface area contributed by atoms with E-state index in [0.717, 1.165) is 17.9 Å². The number of fused-ring (bicyclic) bond motifs is 1. The van der Waals surface area contributed by atoms with Crippen molar-refractivity contribution in [1.82, 2.24) is 10.3 Å². The summed E-state index contributed by atoms with van der Waals surface area (Å²) in [6.07, 6.45) is 4.13. The number of rotatable bonds is 3. The SMILES string of the molecule is CC(NC1CCc2cccnc21)c1ccc(Cl)cc1. The first-order chi connectivity index (χ1) is 9.24. The van der Waals surface area contributed by atoms with Crippen LogP contribution in [0.1, 0.15) is 42.2 Å². The zero-order valence-electron chi connectivity index (χ0n) is 10.9. The standard InChI is InChI=1S/C16H17ClN2/c1-11(12-4-7-14(17)8-5-12)19-15-9-6-13-3-2-10-18-16(13)15/h2-5,7-8,10-11,15,19H,6,9H2,1H3. The summed E-state index contributed by atoms with van der Waals surface area (Å²) in [5, 5.41) is 4.45. The van der Waals surface area contributed by atoms with Gasteiger partial charge in [-0.3, -0.25) is 4.98 Å². The van der Waals surface area contributed by atoms with Gasteiger partial charge >= 0.3 is 0 Å². The highest BCUT2D eigenvalue weighted by atomic mass is 35.5. The summed E-state index contributed by atoms with van der Waals surface area (Å²) < 4.78 is 0. The van der Waals surface area contributed by atoms with E-state index in [2.05, 4.69) is 35.4 Å². The molecule has 0 fully saturated rings. The highest BCUT2D eigenvalue weighted by Crippen LogP contribution is 2.31. The lowest BCUT2D eigenvalue weighted by molar-refractivity contribution is 0.458. The van der Waals surface area contributed by atoms with E-state index in [0.29, 0.717) is 12.1 Å². The Hall–Kier alpha value is -1.38. The molecule has 2 aromatic rings. The fourth-order valence-corrected chi connectivity index (χ4v) is 2.85. The summed E-state index contributed by atoms with van der Waals surface area (Å²) in [5.41, 5.74) is 3.85. The lowest BCUT2D eigenvalue weighted by Gasteiger charge is -2.20. The van der Waals surface area contributed by atoms with Gasteiger partial charge in [0.1, 0.15) is 0 Å². The fraction of sp³-hybridized carbons (Fsp3) is 0.312. The zero-order chi connectivity index (χ0) is 13.2. The Morgan fingerprint density at radius 1 is 1.26 bits per heavy atom. The number of halogens is 1. The number of pyridine rings is 1. The molecule has 0 radical (unpaired) electrons. The molecule has 0 aliphatic heterocycles. The Morgan fingerprint density at radius 3 is 2.84 bits per heavy atom. The number of nitrogens with zero attached hydrogens (tertiary/aromatic N) is 1. The van der Waals surface area contributed by atoms with Crippen LogP contribution < -0.4 is 5.32 Å². The molecule has 1 aliphatic carbocycles. The quantitative estimate of drug-likeness (QED) is 0.911. The topological polar surface area (TPSA) is 24.9 Å². The van der Waals surface area contributed by atoms with Crippen LogP contribution in [0, 0.1) is 0 Å².